The summed E-state index contributed by atoms with van der Waals surface area (Å²) in [6.45, 7) is 6.32. The highest BCUT2D eigenvalue weighted by Gasteiger charge is 2.11. The van der Waals surface area contributed by atoms with Gasteiger partial charge in [0, 0.05) is 6.61 Å². The lowest BCUT2D eigenvalue weighted by atomic mass is 10.0. The Balaban J connectivity index is 0. The predicted molar refractivity (Wildman–Crippen MR) is 107 cm³/mol. The first-order valence-electron chi connectivity index (χ1n) is 10.6. The van der Waals surface area contributed by atoms with Gasteiger partial charge in [0.05, 0.1) is 0 Å². The molecule has 0 aliphatic rings. The molecule has 0 spiro atoms. The summed E-state index contributed by atoms with van der Waals surface area (Å²) in [5.74, 6) is 0. The largest absolute Gasteiger partial charge is 0.396 e. The first-order chi connectivity index (χ1) is 11.5. The summed E-state index contributed by atoms with van der Waals surface area (Å²) >= 11 is 0. The summed E-state index contributed by atoms with van der Waals surface area (Å²) in [5.41, 5.74) is -0.667. The minimum atomic E-state index is -0.667. The molecule has 3 heteroatoms. The summed E-state index contributed by atoms with van der Waals surface area (Å²) in [5, 5.41) is 20.4. The molecule has 3 N–H and O–H groups in total. The van der Waals surface area contributed by atoms with E-state index < -0.39 is 5.72 Å². The third-order valence-electron chi connectivity index (χ3n) is 4.74. The summed E-state index contributed by atoms with van der Waals surface area (Å²) in [4.78, 5) is 0. The molecule has 1 atom stereocenters. The Morgan fingerprint density at radius 3 is 1.21 bits per heavy atom. The van der Waals surface area contributed by atoms with Crippen molar-refractivity contribution in [1.82, 2.24) is 5.32 Å². The zero-order valence-corrected chi connectivity index (χ0v) is 17.2. The van der Waals surface area contributed by atoms with Gasteiger partial charge in [-0.1, -0.05) is 97.3 Å². The smallest absolute Gasteiger partial charge is 0.112 e. The van der Waals surface area contributed by atoms with Crippen LogP contribution in [0.5, 0.6) is 0 Å². The van der Waals surface area contributed by atoms with Crippen LogP contribution in [-0.4, -0.2) is 29.6 Å². The van der Waals surface area contributed by atoms with Crippen LogP contribution in [0.1, 0.15) is 117 Å². The maximum absolute atomic E-state index is 9.02. The van der Waals surface area contributed by atoms with Crippen LogP contribution in [0.2, 0.25) is 0 Å². The fourth-order valence-electron chi connectivity index (χ4n) is 2.48. The van der Waals surface area contributed by atoms with Crippen LogP contribution >= 0.6 is 0 Å². The molecule has 0 aromatic carbocycles. The molecule has 0 aromatic rings. The molecular weight excluding hydrogens is 298 g/mol. The van der Waals surface area contributed by atoms with Gasteiger partial charge >= 0.3 is 0 Å². The molecule has 0 aromatic heterocycles. The summed E-state index contributed by atoms with van der Waals surface area (Å²) < 4.78 is 0. The van der Waals surface area contributed by atoms with Gasteiger partial charge in [-0.05, 0) is 26.8 Å². The normalized spacial score (nSPS) is 13.2. The van der Waals surface area contributed by atoms with Gasteiger partial charge in [0.15, 0.2) is 0 Å². The van der Waals surface area contributed by atoms with Gasteiger partial charge < -0.3 is 10.2 Å². The maximum Gasteiger partial charge on any atom is 0.112 e. The van der Waals surface area contributed by atoms with Crippen molar-refractivity contribution in [2.75, 3.05) is 13.7 Å². The highest BCUT2D eigenvalue weighted by Crippen LogP contribution is 2.12. The minimum Gasteiger partial charge on any atom is -0.396 e. The molecule has 0 aliphatic carbocycles. The maximum atomic E-state index is 9.02. The quantitative estimate of drug-likeness (QED) is 0.245. The number of rotatable bonds is 16. The number of hydrogen-bond acceptors (Lipinski definition) is 3. The van der Waals surface area contributed by atoms with Crippen molar-refractivity contribution in [1.29, 1.82) is 0 Å². The average Bonchev–Trinajstić information content (AvgIpc) is 2.59. The van der Waals surface area contributed by atoms with E-state index in [1.54, 1.807) is 14.0 Å². The average molecular weight is 346 g/mol. The molecular formula is C21H47NO2. The Hall–Kier alpha value is -0.120. The minimum absolute atomic E-state index is 0.373. The number of unbranched alkanes of at least 4 members (excludes halogenated alkanes) is 13. The Labute approximate surface area is 152 Å². The van der Waals surface area contributed by atoms with Crippen molar-refractivity contribution in [2.24, 2.45) is 0 Å². The van der Waals surface area contributed by atoms with E-state index in [-0.39, 0.29) is 0 Å². The number of aliphatic hydroxyl groups excluding tert-OH is 1. The number of aliphatic hydroxyl groups is 2. The van der Waals surface area contributed by atoms with E-state index >= 15 is 0 Å². The van der Waals surface area contributed by atoms with E-state index in [1.807, 2.05) is 6.92 Å². The van der Waals surface area contributed by atoms with Crippen molar-refractivity contribution < 1.29 is 10.2 Å². The van der Waals surface area contributed by atoms with Gasteiger partial charge in [0.1, 0.15) is 5.72 Å². The van der Waals surface area contributed by atoms with Crippen LogP contribution in [0.15, 0.2) is 0 Å². The van der Waals surface area contributed by atoms with Gasteiger partial charge in [0.25, 0.3) is 0 Å². The Morgan fingerprint density at radius 2 is 1.00 bits per heavy atom. The lowest BCUT2D eigenvalue weighted by Crippen LogP contribution is -2.38. The zero-order valence-electron chi connectivity index (χ0n) is 17.2. The zero-order chi connectivity index (χ0) is 18.5. The van der Waals surface area contributed by atoms with E-state index in [4.69, 9.17) is 10.2 Å². The van der Waals surface area contributed by atoms with E-state index in [0.717, 1.165) is 12.8 Å². The molecule has 0 heterocycles. The standard InChI is InChI=1S/C16H34O.C5H13NO/c1-2-3-4-5-6-7-8-9-10-11-12-13-14-15-16-17;1-4-5(2,7)6-3/h17H,2-16H2,1H3;6-7H,4H2,1-3H3. The van der Waals surface area contributed by atoms with Crippen LogP contribution < -0.4 is 5.32 Å². The second kappa shape index (κ2) is 20.9. The molecule has 148 valence electrons. The molecule has 0 aliphatic heterocycles. The molecule has 24 heavy (non-hydrogen) atoms. The van der Waals surface area contributed by atoms with Crippen molar-refractivity contribution in [3.05, 3.63) is 0 Å². The van der Waals surface area contributed by atoms with E-state index in [0.29, 0.717) is 6.61 Å². The first kappa shape index (κ1) is 26.1. The molecule has 0 fully saturated rings. The van der Waals surface area contributed by atoms with E-state index in [2.05, 4.69) is 12.2 Å². The second-order valence-corrected chi connectivity index (χ2v) is 7.20. The Bertz CT molecular complexity index is 200. The summed E-state index contributed by atoms with van der Waals surface area (Å²) in [6, 6.07) is 0. The van der Waals surface area contributed by atoms with Crippen molar-refractivity contribution in [3.8, 4) is 0 Å². The monoisotopic (exact) mass is 345 g/mol. The van der Waals surface area contributed by atoms with Gasteiger partial charge in [-0.15, -0.1) is 0 Å². The SMILES string of the molecule is CCC(C)(O)NC.CCCCCCCCCCCCCCCCO. The van der Waals surface area contributed by atoms with Crippen molar-refractivity contribution >= 4 is 0 Å². The number of hydrogen-bond donors (Lipinski definition) is 3. The second-order valence-electron chi connectivity index (χ2n) is 7.20. The molecule has 0 bridgehead atoms. The topological polar surface area (TPSA) is 52.5 Å². The van der Waals surface area contributed by atoms with Gasteiger partial charge in [-0.25, -0.2) is 0 Å². The lowest BCUT2D eigenvalue weighted by molar-refractivity contribution is 0.0284. The molecule has 0 saturated carbocycles. The molecule has 0 rings (SSSR count). The van der Waals surface area contributed by atoms with Crippen LogP contribution in [0.4, 0.5) is 0 Å². The Kier molecular flexibility index (Phi) is 22.8. The lowest BCUT2D eigenvalue weighted by Gasteiger charge is -2.19. The predicted octanol–water partition coefficient (Wildman–Crippen LogP) is 5.78. The third kappa shape index (κ3) is 24.1. The van der Waals surface area contributed by atoms with Crippen LogP contribution in [-0.2, 0) is 0 Å². The molecule has 3 nitrogen and oxygen atoms in total. The highest BCUT2D eigenvalue weighted by molar-refractivity contribution is 4.61. The van der Waals surface area contributed by atoms with Crippen LogP contribution in [0.3, 0.4) is 0 Å². The summed E-state index contributed by atoms with van der Waals surface area (Å²) in [6.07, 6.45) is 19.9. The van der Waals surface area contributed by atoms with Gasteiger partial charge in [0.2, 0.25) is 0 Å². The third-order valence-corrected chi connectivity index (χ3v) is 4.74. The van der Waals surface area contributed by atoms with Crippen LogP contribution in [0, 0.1) is 0 Å². The van der Waals surface area contributed by atoms with Gasteiger partial charge in [-0.2, -0.15) is 0 Å². The van der Waals surface area contributed by atoms with E-state index in [1.165, 1.54) is 83.5 Å². The molecule has 1 unspecified atom stereocenters. The molecule has 0 saturated heterocycles. The van der Waals surface area contributed by atoms with E-state index in [9.17, 15) is 0 Å². The molecule has 0 amide bonds. The van der Waals surface area contributed by atoms with Crippen LogP contribution in [0.25, 0.3) is 0 Å². The van der Waals surface area contributed by atoms with Crippen molar-refractivity contribution in [3.63, 3.8) is 0 Å². The number of nitrogens with one attached hydrogen (secondary N) is 1. The molecule has 0 radical (unpaired) electrons. The Morgan fingerprint density at radius 1 is 0.667 bits per heavy atom. The van der Waals surface area contributed by atoms with Crippen molar-refractivity contribution in [2.45, 2.75) is 123 Å². The first-order valence-corrected chi connectivity index (χ1v) is 10.6. The fraction of sp³-hybridized carbons (Fsp3) is 1.00. The summed E-state index contributed by atoms with van der Waals surface area (Å²) in [7, 11) is 1.74. The van der Waals surface area contributed by atoms with Gasteiger partial charge in [-0.3, -0.25) is 5.32 Å². The highest BCUT2D eigenvalue weighted by atomic mass is 16.3. The fourth-order valence-corrected chi connectivity index (χ4v) is 2.48.